The average molecular weight is 229 g/mol. The molecule has 3 N–H and O–H groups in total. The minimum atomic E-state index is 0.559. The number of nitrogens with two attached hydrogens (primary N) is 1. The molecule has 0 unspecified atom stereocenters. The number of thiophene rings is 1. The van der Waals surface area contributed by atoms with Crippen molar-refractivity contribution < 1.29 is 0 Å². The lowest BCUT2D eigenvalue weighted by Crippen LogP contribution is -1.95. The van der Waals surface area contributed by atoms with Crippen molar-refractivity contribution in [1.29, 1.82) is 0 Å². The molecule has 0 fully saturated rings. The minimum absolute atomic E-state index is 0.559. The van der Waals surface area contributed by atoms with Crippen LogP contribution in [0.3, 0.4) is 0 Å². The summed E-state index contributed by atoms with van der Waals surface area (Å²) < 4.78 is 0. The Hall–Kier alpha value is -1.65. The number of fused-ring (bicyclic) bond motifs is 1. The summed E-state index contributed by atoms with van der Waals surface area (Å²) in [6.45, 7) is 0.559. The fraction of sp³-hybridized carbons (Fsp3) is 0.0833. The number of hydrogen-bond donors (Lipinski definition) is 2. The predicted octanol–water partition coefficient (Wildman–Crippen LogP) is 2.75. The van der Waals surface area contributed by atoms with Gasteiger partial charge in [0, 0.05) is 6.54 Å². The second kappa shape index (κ2) is 3.73. The maximum absolute atomic E-state index is 5.61. The van der Waals surface area contributed by atoms with Gasteiger partial charge in [-0.2, -0.15) is 0 Å². The molecule has 0 saturated carbocycles. The second-order valence-corrected chi connectivity index (χ2v) is 4.57. The number of aromatic nitrogens is 2. The number of imidazole rings is 1. The summed E-state index contributed by atoms with van der Waals surface area (Å²) in [4.78, 5) is 9.02. The van der Waals surface area contributed by atoms with Crippen LogP contribution in [-0.4, -0.2) is 9.97 Å². The van der Waals surface area contributed by atoms with Crippen LogP contribution in [0.2, 0.25) is 0 Å². The Bertz CT molecular complexity index is 610. The van der Waals surface area contributed by atoms with E-state index >= 15 is 0 Å². The first-order chi connectivity index (χ1) is 7.86. The zero-order valence-corrected chi connectivity index (χ0v) is 9.42. The van der Waals surface area contributed by atoms with Gasteiger partial charge in [0.15, 0.2) is 0 Å². The van der Waals surface area contributed by atoms with Gasteiger partial charge in [-0.25, -0.2) is 4.98 Å². The van der Waals surface area contributed by atoms with Crippen molar-refractivity contribution in [1.82, 2.24) is 9.97 Å². The molecule has 2 aromatic heterocycles. The van der Waals surface area contributed by atoms with Gasteiger partial charge < -0.3 is 10.7 Å². The zero-order valence-electron chi connectivity index (χ0n) is 8.60. The van der Waals surface area contributed by atoms with Crippen LogP contribution in [0.15, 0.2) is 35.7 Å². The molecule has 0 spiro atoms. The molecule has 16 heavy (non-hydrogen) atoms. The molecule has 0 aliphatic rings. The number of aromatic amines is 1. The summed E-state index contributed by atoms with van der Waals surface area (Å²) in [7, 11) is 0. The monoisotopic (exact) mass is 229 g/mol. The maximum Gasteiger partial charge on any atom is 0.148 e. The minimum Gasteiger partial charge on any atom is -0.337 e. The molecule has 3 aromatic rings. The lowest BCUT2D eigenvalue weighted by molar-refractivity contribution is 1.07. The Kier molecular flexibility index (Phi) is 2.23. The predicted molar refractivity (Wildman–Crippen MR) is 67.3 cm³/mol. The molecule has 0 aliphatic carbocycles. The fourth-order valence-electron chi connectivity index (χ4n) is 1.71. The van der Waals surface area contributed by atoms with E-state index < -0.39 is 0 Å². The Labute approximate surface area is 96.9 Å². The Morgan fingerprint density at radius 2 is 2.25 bits per heavy atom. The van der Waals surface area contributed by atoms with Gasteiger partial charge in [-0.3, -0.25) is 0 Å². The van der Waals surface area contributed by atoms with Gasteiger partial charge in [0.1, 0.15) is 5.82 Å². The van der Waals surface area contributed by atoms with Crippen LogP contribution in [0.4, 0.5) is 0 Å². The third-order valence-electron chi connectivity index (χ3n) is 2.54. The molecule has 4 heteroatoms. The standard InChI is InChI=1S/C12H11N3S/c13-7-8-3-4-9-10(6-8)15-12(14-9)11-2-1-5-16-11/h1-6H,7,13H2,(H,14,15). The molecule has 3 rings (SSSR count). The highest BCUT2D eigenvalue weighted by molar-refractivity contribution is 7.13. The van der Waals surface area contributed by atoms with Crippen molar-refractivity contribution in [3.8, 4) is 10.7 Å². The smallest absolute Gasteiger partial charge is 0.148 e. The molecule has 0 atom stereocenters. The molecule has 0 saturated heterocycles. The van der Waals surface area contributed by atoms with Gasteiger partial charge >= 0.3 is 0 Å². The van der Waals surface area contributed by atoms with E-state index in [0.717, 1.165) is 27.3 Å². The van der Waals surface area contributed by atoms with E-state index in [1.807, 2.05) is 23.6 Å². The number of hydrogen-bond acceptors (Lipinski definition) is 3. The number of H-pyrrole nitrogens is 1. The van der Waals surface area contributed by atoms with E-state index in [1.165, 1.54) is 0 Å². The van der Waals surface area contributed by atoms with Crippen molar-refractivity contribution >= 4 is 22.4 Å². The van der Waals surface area contributed by atoms with Crippen molar-refractivity contribution in [3.05, 3.63) is 41.3 Å². The molecule has 80 valence electrons. The first-order valence-corrected chi connectivity index (χ1v) is 5.97. The van der Waals surface area contributed by atoms with Crippen LogP contribution in [0.25, 0.3) is 21.7 Å². The first-order valence-electron chi connectivity index (χ1n) is 5.09. The highest BCUT2D eigenvalue weighted by atomic mass is 32.1. The van der Waals surface area contributed by atoms with Crippen LogP contribution in [0.1, 0.15) is 5.56 Å². The van der Waals surface area contributed by atoms with E-state index in [0.29, 0.717) is 6.54 Å². The Balaban J connectivity index is 2.16. The van der Waals surface area contributed by atoms with Gasteiger partial charge in [-0.15, -0.1) is 11.3 Å². The largest absolute Gasteiger partial charge is 0.337 e. The quantitative estimate of drug-likeness (QED) is 0.710. The number of nitrogens with zero attached hydrogens (tertiary/aromatic N) is 1. The van der Waals surface area contributed by atoms with Gasteiger partial charge in [0.2, 0.25) is 0 Å². The van der Waals surface area contributed by atoms with Crippen LogP contribution in [0, 0.1) is 0 Å². The summed E-state index contributed by atoms with van der Waals surface area (Å²) in [5, 5.41) is 2.05. The highest BCUT2D eigenvalue weighted by Crippen LogP contribution is 2.24. The Morgan fingerprint density at radius 3 is 3.00 bits per heavy atom. The summed E-state index contributed by atoms with van der Waals surface area (Å²) in [5.41, 5.74) is 8.76. The molecule has 0 aliphatic heterocycles. The zero-order chi connectivity index (χ0) is 11.0. The van der Waals surface area contributed by atoms with Gasteiger partial charge in [0.25, 0.3) is 0 Å². The van der Waals surface area contributed by atoms with Gasteiger partial charge in [-0.05, 0) is 29.1 Å². The van der Waals surface area contributed by atoms with Crippen LogP contribution >= 0.6 is 11.3 Å². The van der Waals surface area contributed by atoms with Crippen LogP contribution in [0.5, 0.6) is 0 Å². The number of benzene rings is 1. The fourth-order valence-corrected chi connectivity index (χ4v) is 2.38. The summed E-state index contributed by atoms with van der Waals surface area (Å²) in [6, 6.07) is 10.2. The van der Waals surface area contributed by atoms with Gasteiger partial charge in [0.05, 0.1) is 15.9 Å². The molecule has 0 radical (unpaired) electrons. The first kappa shape index (κ1) is 9.57. The highest BCUT2D eigenvalue weighted by Gasteiger charge is 2.05. The van der Waals surface area contributed by atoms with Crippen molar-refractivity contribution in [3.63, 3.8) is 0 Å². The molecular weight excluding hydrogens is 218 g/mol. The third kappa shape index (κ3) is 1.52. The van der Waals surface area contributed by atoms with Gasteiger partial charge in [-0.1, -0.05) is 12.1 Å². The molecule has 1 aromatic carbocycles. The normalized spacial score (nSPS) is 11.1. The summed E-state index contributed by atoms with van der Waals surface area (Å²) in [6.07, 6.45) is 0. The second-order valence-electron chi connectivity index (χ2n) is 3.62. The van der Waals surface area contributed by atoms with Crippen LogP contribution in [-0.2, 0) is 6.54 Å². The SMILES string of the molecule is NCc1ccc2nc(-c3cccs3)[nH]c2c1. The van der Waals surface area contributed by atoms with E-state index in [4.69, 9.17) is 5.73 Å². The maximum atomic E-state index is 5.61. The lowest BCUT2D eigenvalue weighted by atomic mass is 10.2. The van der Waals surface area contributed by atoms with E-state index in [1.54, 1.807) is 11.3 Å². The van der Waals surface area contributed by atoms with Crippen molar-refractivity contribution in [2.75, 3.05) is 0 Å². The molecule has 0 amide bonds. The summed E-state index contributed by atoms with van der Waals surface area (Å²) >= 11 is 1.68. The average Bonchev–Trinajstić information content (AvgIpc) is 2.96. The van der Waals surface area contributed by atoms with E-state index in [2.05, 4.69) is 22.1 Å². The van der Waals surface area contributed by atoms with E-state index in [9.17, 15) is 0 Å². The third-order valence-corrected chi connectivity index (χ3v) is 3.41. The number of rotatable bonds is 2. The lowest BCUT2D eigenvalue weighted by Gasteiger charge is -1.94. The van der Waals surface area contributed by atoms with E-state index in [-0.39, 0.29) is 0 Å². The Morgan fingerprint density at radius 1 is 1.31 bits per heavy atom. The molecule has 2 heterocycles. The van der Waals surface area contributed by atoms with Crippen molar-refractivity contribution in [2.24, 2.45) is 5.73 Å². The molecular formula is C12H11N3S. The molecule has 3 nitrogen and oxygen atoms in total. The molecule has 0 bridgehead atoms. The number of nitrogens with one attached hydrogen (secondary N) is 1. The van der Waals surface area contributed by atoms with Crippen LogP contribution < -0.4 is 5.73 Å². The topological polar surface area (TPSA) is 54.7 Å². The van der Waals surface area contributed by atoms with Crippen molar-refractivity contribution in [2.45, 2.75) is 6.54 Å². The summed E-state index contributed by atoms with van der Waals surface area (Å²) in [5.74, 6) is 0.930.